The molecule has 19 heavy (non-hydrogen) atoms. The molecule has 0 aromatic rings. The second kappa shape index (κ2) is 6.71. The molecule has 2 aliphatic carbocycles. The molecule has 4 nitrogen and oxygen atoms in total. The zero-order valence-corrected chi connectivity index (χ0v) is 11.9. The Morgan fingerprint density at radius 1 is 1.16 bits per heavy atom. The molecule has 0 saturated heterocycles. The highest BCUT2D eigenvalue weighted by Crippen LogP contribution is 2.40. The average molecular weight is 268 g/mol. The lowest BCUT2D eigenvalue weighted by atomic mass is 9.83. The van der Waals surface area contributed by atoms with Gasteiger partial charge in [-0.2, -0.15) is 0 Å². The Morgan fingerprint density at radius 3 is 2.32 bits per heavy atom. The molecule has 0 atom stereocenters. The Kier molecular flexibility index (Phi) is 5.22. The van der Waals surface area contributed by atoms with Crippen molar-refractivity contribution in [3.05, 3.63) is 0 Å². The van der Waals surface area contributed by atoms with E-state index < -0.39 is 0 Å². The molecule has 0 aromatic heterocycles. The maximum Gasteiger partial charge on any atom is 0.230 e. The number of hydrogen-bond acceptors (Lipinski definition) is 3. The number of nitrogens with two attached hydrogens (primary N) is 1. The number of nitrogens with zero attached hydrogens (tertiary/aromatic N) is 1. The molecule has 2 aliphatic rings. The van der Waals surface area contributed by atoms with E-state index in [9.17, 15) is 9.90 Å². The summed E-state index contributed by atoms with van der Waals surface area (Å²) < 4.78 is 0. The van der Waals surface area contributed by atoms with Crippen molar-refractivity contribution in [1.82, 2.24) is 4.90 Å². The molecule has 110 valence electrons. The SMILES string of the molecule is NCC1(C(=O)N(CCO)C2CCCCC2)CCCC1. The lowest BCUT2D eigenvalue weighted by Gasteiger charge is -2.39. The van der Waals surface area contributed by atoms with Crippen molar-refractivity contribution in [3.8, 4) is 0 Å². The van der Waals surface area contributed by atoms with Gasteiger partial charge in [-0.3, -0.25) is 4.79 Å². The van der Waals surface area contributed by atoms with Crippen molar-refractivity contribution < 1.29 is 9.90 Å². The van der Waals surface area contributed by atoms with Gasteiger partial charge in [-0.25, -0.2) is 0 Å². The molecule has 0 heterocycles. The lowest BCUT2D eigenvalue weighted by Crippen LogP contribution is -2.52. The van der Waals surface area contributed by atoms with Crippen molar-refractivity contribution in [1.29, 1.82) is 0 Å². The summed E-state index contributed by atoms with van der Waals surface area (Å²) >= 11 is 0. The van der Waals surface area contributed by atoms with Gasteiger partial charge in [0.15, 0.2) is 0 Å². The van der Waals surface area contributed by atoms with Crippen LogP contribution in [0.1, 0.15) is 57.8 Å². The topological polar surface area (TPSA) is 66.6 Å². The van der Waals surface area contributed by atoms with E-state index in [1.165, 1.54) is 19.3 Å². The predicted molar refractivity (Wildman–Crippen MR) is 75.6 cm³/mol. The van der Waals surface area contributed by atoms with E-state index >= 15 is 0 Å². The predicted octanol–water partition coefficient (Wildman–Crippen LogP) is 1.66. The van der Waals surface area contributed by atoms with E-state index in [4.69, 9.17) is 5.73 Å². The summed E-state index contributed by atoms with van der Waals surface area (Å²) in [6.45, 7) is 0.995. The largest absolute Gasteiger partial charge is 0.395 e. The molecule has 2 rings (SSSR count). The summed E-state index contributed by atoms with van der Waals surface area (Å²) in [5.74, 6) is 0.216. The van der Waals surface area contributed by atoms with Gasteiger partial charge < -0.3 is 15.7 Å². The molecule has 4 heteroatoms. The minimum atomic E-state index is -0.327. The fourth-order valence-corrected chi connectivity index (χ4v) is 3.81. The number of amides is 1. The number of carbonyl (C=O) groups excluding carboxylic acids is 1. The van der Waals surface area contributed by atoms with Crippen molar-refractivity contribution >= 4 is 5.91 Å². The van der Waals surface area contributed by atoms with Crippen LogP contribution in [-0.4, -0.2) is 41.7 Å². The van der Waals surface area contributed by atoms with Crippen LogP contribution >= 0.6 is 0 Å². The van der Waals surface area contributed by atoms with E-state index in [-0.39, 0.29) is 17.9 Å². The Balaban J connectivity index is 2.10. The highest BCUT2D eigenvalue weighted by Gasteiger charge is 2.43. The lowest BCUT2D eigenvalue weighted by molar-refractivity contribution is -0.145. The first-order valence-electron chi connectivity index (χ1n) is 7.85. The van der Waals surface area contributed by atoms with E-state index in [1.807, 2.05) is 4.90 Å². The maximum atomic E-state index is 12.9. The summed E-state index contributed by atoms with van der Waals surface area (Å²) in [5.41, 5.74) is 5.60. The minimum Gasteiger partial charge on any atom is -0.395 e. The molecule has 0 bridgehead atoms. The average Bonchev–Trinajstić information content (AvgIpc) is 2.95. The van der Waals surface area contributed by atoms with Crippen molar-refractivity contribution in [2.75, 3.05) is 19.7 Å². The molecule has 2 fully saturated rings. The van der Waals surface area contributed by atoms with Gasteiger partial charge in [0, 0.05) is 19.1 Å². The van der Waals surface area contributed by atoms with Gasteiger partial charge in [-0.05, 0) is 25.7 Å². The molecule has 0 aromatic carbocycles. The molecule has 3 N–H and O–H groups in total. The third kappa shape index (κ3) is 3.11. The second-order valence-corrected chi connectivity index (χ2v) is 6.21. The molecular weight excluding hydrogens is 240 g/mol. The molecule has 1 amide bonds. The quantitative estimate of drug-likeness (QED) is 0.797. The van der Waals surface area contributed by atoms with E-state index in [2.05, 4.69) is 0 Å². The number of hydrogen-bond donors (Lipinski definition) is 2. The number of aliphatic hydroxyl groups is 1. The molecule has 0 radical (unpaired) electrons. The van der Waals surface area contributed by atoms with Crippen molar-refractivity contribution in [2.45, 2.75) is 63.8 Å². The number of carbonyl (C=O) groups is 1. The van der Waals surface area contributed by atoms with Crippen LogP contribution in [0, 0.1) is 5.41 Å². The number of aliphatic hydroxyl groups excluding tert-OH is 1. The van der Waals surface area contributed by atoms with Crippen LogP contribution in [0.15, 0.2) is 0 Å². The van der Waals surface area contributed by atoms with Gasteiger partial charge in [-0.15, -0.1) is 0 Å². The monoisotopic (exact) mass is 268 g/mol. The standard InChI is InChI=1S/C15H28N2O2/c16-12-15(8-4-5-9-15)14(19)17(10-11-18)13-6-2-1-3-7-13/h13,18H,1-12,16H2. The smallest absolute Gasteiger partial charge is 0.230 e. The van der Waals surface area contributed by atoms with Crippen molar-refractivity contribution in [3.63, 3.8) is 0 Å². The zero-order chi connectivity index (χ0) is 13.7. The first-order chi connectivity index (χ1) is 9.23. The minimum absolute atomic E-state index is 0.0584. The zero-order valence-electron chi connectivity index (χ0n) is 11.9. The van der Waals surface area contributed by atoms with Gasteiger partial charge in [0.1, 0.15) is 0 Å². The fourth-order valence-electron chi connectivity index (χ4n) is 3.81. The number of rotatable bonds is 5. The first kappa shape index (κ1) is 14.8. The third-order valence-corrected chi connectivity index (χ3v) is 5.02. The summed E-state index contributed by atoms with van der Waals surface area (Å²) in [6, 6.07) is 0.331. The van der Waals surface area contributed by atoms with Gasteiger partial charge in [0.2, 0.25) is 5.91 Å². The van der Waals surface area contributed by atoms with Crippen LogP contribution in [0.25, 0.3) is 0 Å². The molecule has 2 saturated carbocycles. The molecular formula is C15H28N2O2. The third-order valence-electron chi connectivity index (χ3n) is 5.02. The summed E-state index contributed by atoms with van der Waals surface area (Å²) in [5, 5.41) is 9.29. The van der Waals surface area contributed by atoms with Crippen LogP contribution in [0.2, 0.25) is 0 Å². The highest BCUT2D eigenvalue weighted by atomic mass is 16.3. The molecule has 0 spiro atoms. The van der Waals surface area contributed by atoms with Gasteiger partial charge >= 0.3 is 0 Å². The van der Waals surface area contributed by atoms with Gasteiger partial charge in [-0.1, -0.05) is 32.1 Å². The Morgan fingerprint density at radius 2 is 1.79 bits per heavy atom. The van der Waals surface area contributed by atoms with Crippen LogP contribution in [0.3, 0.4) is 0 Å². The van der Waals surface area contributed by atoms with E-state index in [0.29, 0.717) is 19.1 Å². The molecule has 0 unspecified atom stereocenters. The summed E-state index contributed by atoms with van der Waals surface area (Å²) in [7, 11) is 0. The summed E-state index contributed by atoms with van der Waals surface area (Å²) in [4.78, 5) is 14.9. The van der Waals surface area contributed by atoms with Crippen LogP contribution in [-0.2, 0) is 4.79 Å². The fraction of sp³-hybridized carbons (Fsp3) is 0.933. The molecule has 0 aliphatic heterocycles. The normalized spacial score (nSPS) is 23.5. The van der Waals surface area contributed by atoms with Crippen LogP contribution < -0.4 is 5.73 Å². The summed E-state index contributed by atoms with van der Waals surface area (Å²) in [6.07, 6.45) is 9.94. The van der Waals surface area contributed by atoms with Crippen molar-refractivity contribution in [2.24, 2.45) is 11.1 Å². The van der Waals surface area contributed by atoms with Crippen LogP contribution in [0.4, 0.5) is 0 Å². The maximum absolute atomic E-state index is 12.9. The Labute approximate surface area is 116 Å². The first-order valence-corrected chi connectivity index (χ1v) is 7.85. The van der Waals surface area contributed by atoms with E-state index in [1.54, 1.807) is 0 Å². The second-order valence-electron chi connectivity index (χ2n) is 6.21. The Hall–Kier alpha value is -0.610. The van der Waals surface area contributed by atoms with Crippen LogP contribution in [0.5, 0.6) is 0 Å². The van der Waals surface area contributed by atoms with Gasteiger partial charge in [0.05, 0.1) is 12.0 Å². The van der Waals surface area contributed by atoms with Gasteiger partial charge in [0.25, 0.3) is 0 Å². The highest BCUT2D eigenvalue weighted by molar-refractivity contribution is 5.83. The Bertz CT molecular complexity index is 295. The van der Waals surface area contributed by atoms with E-state index in [0.717, 1.165) is 38.5 Å².